The zero-order chi connectivity index (χ0) is 18.6. The monoisotopic (exact) mass is 365 g/mol. The third kappa shape index (κ3) is 4.51. The molecule has 1 unspecified atom stereocenters. The highest BCUT2D eigenvalue weighted by Crippen LogP contribution is 2.33. The van der Waals surface area contributed by atoms with Gasteiger partial charge in [-0.25, -0.2) is 4.98 Å². The minimum Gasteiger partial charge on any atom is -0.368 e. The number of halogens is 3. The summed E-state index contributed by atoms with van der Waals surface area (Å²) < 4.78 is 44.3. The molecule has 138 valence electrons. The lowest BCUT2D eigenvalue weighted by molar-refractivity contribution is -0.137. The number of benzene rings is 1. The quantitative estimate of drug-likeness (QED) is 0.845. The lowest BCUT2D eigenvalue weighted by Gasteiger charge is -2.14. The fourth-order valence-corrected chi connectivity index (χ4v) is 2.73. The van der Waals surface area contributed by atoms with Crippen molar-refractivity contribution in [1.29, 1.82) is 0 Å². The first-order valence-corrected chi connectivity index (χ1v) is 8.21. The Hall–Kier alpha value is -2.61. The highest BCUT2D eigenvalue weighted by molar-refractivity contribution is 5.94. The summed E-state index contributed by atoms with van der Waals surface area (Å²) in [5.41, 5.74) is 0.471. The van der Waals surface area contributed by atoms with Gasteiger partial charge in [0, 0.05) is 25.0 Å². The van der Waals surface area contributed by atoms with Crippen LogP contribution in [0.25, 0.3) is 0 Å². The molecule has 1 aromatic carbocycles. The van der Waals surface area contributed by atoms with Crippen molar-refractivity contribution in [2.45, 2.75) is 31.7 Å². The Morgan fingerprint density at radius 3 is 2.85 bits per heavy atom. The maximum absolute atomic E-state index is 13.0. The Bertz CT molecular complexity index is 774. The molecule has 1 saturated heterocycles. The van der Waals surface area contributed by atoms with Crippen molar-refractivity contribution in [1.82, 2.24) is 4.98 Å². The lowest BCUT2D eigenvalue weighted by Crippen LogP contribution is -2.26. The number of anilines is 2. The summed E-state index contributed by atoms with van der Waals surface area (Å²) in [5, 5.41) is 5.47. The van der Waals surface area contributed by atoms with Crippen LogP contribution in [0.2, 0.25) is 0 Å². The number of amides is 1. The molecule has 0 spiro atoms. The molecule has 26 heavy (non-hydrogen) atoms. The Labute approximate surface area is 148 Å². The van der Waals surface area contributed by atoms with E-state index in [4.69, 9.17) is 4.74 Å². The number of nitrogens with one attached hydrogen (secondary N) is 2. The number of alkyl halides is 3. The number of pyridine rings is 1. The predicted molar refractivity (Wildman–Crippen MR) is 90.6 cm³/mol. The second kappa shape index (κ2) is 7.74. The Morgan fingerprint density at radius 1 is 1.27 bits per heavy atom. The zero-order valence-electron chi connectivity index (χ0n) is 13.8. The fraction of sp³-hybridized carbons (Fsp3) is 0.333. The number of carbonyl (C=O) groups excluding carboxylic acids is 1. The summed E-state index contributed by atoms with van der Waals surface area (Å²) in [7, 11) is 0. The van der Waals surface area contributed by atoms with Gasteiger partial charge in [0.15, 0.2) is 0 Å². The van der Waals surface area contributed by atoms with Crippen molar-refractivity contribution in [2.24, 2.45) is 0 Å². The molecule has 0 aliphatic carbocycles. The largest absolute Gasteiger partial charge is 0.419 e. The lowest BCUT2D eigenvalue weighted by atomic mass is 10.1. The van der Waals surface area contributed by atoms with Crippen LogP contribution in [0.4, 0.5) is 24.7 Å². The van der Waals surface area contributed by atoms with Gasteiger partial charge in [0.2, 0.25) is 0 Å². The van der Waals surface area contributed by atoms with E-state index in [2.05, 4.69) is 15.6 Å². The molecule has 5 nitrogen and oxygen atoms in total. The van der Waals surface area contributed by atoms with E-state index in [0.717, 1.165) is 12.5 Å². The average Bonchev–Trinajstić information content (AvgIpc) is 3.14. The number of nitrogens with zero attached hydrogens (tertiary/aromatic N) is 1. The number of rotatable bonds is 5. The van der Waals surface area contributed by atoms with E-state index in [1.807, 2.05) is 0 Å². The minimum absolute atomic E-state index is 0.143. The first-order valence-electron chi connectivity index (χ1n) is 8.21. The summed E-state index contributed by atoms with van der Waals surface area (Å²) in [6.45, 7) is 0.720. The summed E-state index contributed by atoms with van der Waals surface area (Å²) >= 11 is 0. The average molecular weight is 365 g/mol. The molecular formula is C18H18F3N3O2. The molecule has 1 aliphatic heterocycles. The van der Waals surface area contributed by atoms with Crippen molar-refractivity contribution in [2.75, 3.05) is 17.2 Å². The van der Waals surface area contributed by atoms with Crippen LogP contribution < -0.4 is 10.6 Å². The standard InChI is InChI=1S/C18H18F3N3O2/c19-18(20,21)14-6-2-8-22-16(14)23-11-12-4-1-5-13(10-12)24-17(25)15-7-3-9-26-15/h1-2,4-6,8,10,15H,3,7,9,11H2,(H,22,23)(H,24,25). The SMILES string of the molecule is O=C(Nc1cccc(CNc2ncccc2C(F)(F)F)c1)C1CCCO1. The second-order valence-electron chi connectivity index (χ2n) is 5.94. The van der Waals surface area contributed by atoms with Crippen molar-refractivity contribution < 1.29 is 22.7 Å². The van der Waals surface area contributed by atoms with E-state index < -0.39 is 17.8 Å². The highest BCUT2D eigenvalue weighted by atomic mass is 19.4. The van der Waals surface area contributed by atoms with Gasteiger partial charge in [0.1, 0.15) is 11.9 Å². The molecule has 8 heteroatoms. The number of hydrogen-bond donors (Lipinski definition) is 2. The second-order valence-corrected chi connectivity index (χ2v) is 5.94. The van der Waals surface area contributed by atoms with E-state index in [1.54, 1.807) is 24.3 Å². The van der Waals surface area contributed by atoms with E-state index in [9.17, 15) is 18.0 Å². The minimum atomic E-state index is -4.48. The number of ether oxygens (including phenoxy) is 1. The summed E-state index contributed by atoms with van der Waals surface area (Å²) in [4.78, 5) is 15.8. The molecule has 2 aromatic rings. The predicted octanol–water partition coefficient (Wildman–Crippen LogP) is 3.83. The molecule has 1 aliphatic rings. The van der Waals surface area contributed by atoms with Gasteiger partial charge in [-0.2, -0.15) is 13.2 Å². The maximum atomic E-state index is 13.0. The number of hydrogen-bond acceptors (Lipinski definition) is 4. The van der Waals surface area contributed by atoms with Crippen LogP contribution in [0.15, 0.2) is 42.6 Å². The molecule has 3 rings (SSSR count). The maximum Gasteiger partial charge on any atom is 0.419 e. The molecule has 1 aromatic heterocycles. The first kappa shape index (κ1) is 18.2. The molecule has 1 amide bonds. The molecule has 2 N–H and O–H groups in total. The van der Waals surface area contributed by atoms with Gasteiger partial charge in [0.05, 0.1) is 5.56 Å². The zero-order valence-corrected chi connectivity index (χ0v) is 13.8. The molecule has 1 atom stereocenters. The van der Waals surface area contributed by atoms with Crippen LogP contribution in [0.3, 0.4) is 0 Å². The fourth-order valence-electron chi connectivity index (χ4n) is 2.73. The van der Waals surface area contributed by atoms with Gasteiger partial charge in [-0.15, -0.1) is 0 Å². The van der Waals surface area contributed by atoms with Crippen LogP contribution in [-0.2, 0) is 22.3 Å². The molecule has 0 saturated carbocycles. The first-order chi connectivity index (χ1) is 12.4. The van der Waals surface area contributed by atoms with Crippen LogP contribution in [0.1, 0.15) is 24.0 Å². The van der Waals surface area contributed by atoms with Crippen molar-refractivity contribution in [3.63, 3.8) is 0 Å². The van der Waals surface area contributed by atoms with Crippen LogP contribution in [0.5, 0.6) is 0 Å². The smallest absolute Gasteiger partial charge is 0.368 e. The molecular weight excluding hydrogens is 347 g/mol. The van der Waals surface area contributed by atoms with Gasteiger partial charge in [-0.05, 0) is 42.7 Å². The van der Waals surface area contributed by atoms with Crippen LogP contribution >= 0.6 is 0 Å². The number of carbonyl (C=O) groups is 1. The Balaban J connectivity index is 1.65. The summed E-state index contributed by atoms with van der Waals surface area (Å²) in [5.74, 6) is -0.439. The van der Waals surface area contributed by atoms with Crippen LogP contribution in [0, 0.1) is 0 Å². The number of aromatic nitrogens is 1. The van der Waals surface area contributed by atoms with Crippen molar-refractivity contribution in [3.8, 4) is 0 Å². The van der Waals surface area contributed by atoms with Gasteiger partial charge >= 0.3 is 6.18 Å². The van der Waals surface area contributed by atoms with Crippen molar-refractivity contribution >= 4 is 17.4 Å². The van der Waals surface area contributed by atoms with E-state index in [0.29, 0.717) is 24.3 Å². The topological polar surface area (TPSA) is 63.2 Å². The molecule has 0 bridgehead atoms. The van der Waals surface area contributed by atoms with Gasteiger partial charge in [0.25, 0.3) is 5.91 Å². The summed E-state index contributed by atoms with van der Waals surface area (Å²) in [6, 6.07) is 9.13. The Kier molecular flexibility index (Phi) is 5.41. The molecule has 1 fully saturated rings. The molecule has 0 radical (unpaired) electrons. The third-order valence-corrected chi connectivity index (χ3v) is 3.99. The van der Waals surface area contributed by atoms with E-state index in [-0.39, 0.29) is 18.3 Å². The van der Waals surface area contributed by atoms with Gasteiger partial charge < -0.3 is 15.4 Å². The van der Waals surface area contributed by atoms with Crippen LogP contribution in [-0.4, -0.2) is 23.6 Å². The Morgan fingerprint density at radius 2 is 2.12 bits per heavy atom. The van der Waals surface area contributed by atoms with E-state index >= 15 is 0 Å². The van der Waals surface area contributed by atoms with E-state index in [1.165, 1.54) is 12.3 Å². The molecule has 2 heterocycles. The van der Waals surface area contributed by atoms with Gasteiger partial charge in [-0.3, -0.25) is 4.79 Å². The third-order valence-electron chi connectivity index (χ3n) is 3.99. The van der Waals surface area contributed by atoms with Gasteiger partial charge in [-0.1, -0.05) is 12.1 Å². The summed E-state index contributed by atoms with van der Waals surface area (Å²) in [6.07, 6.45) is -2.08. The normalized spacial score (nSPS) is 17.1. The highest BCUT2D eigenvalue weighted by Gasteiger charge is 2.34. The van der Waals surface area contributed by atoms with Crippen molar-refractivity contribution in [3.05, 3.63) is 53.7 Å².